The van der Waals surface area contributed by atoms with Gasteiger partial charge in [-0.2, -0.15) is 0 Å². The third kappa shape index (κ3) is 11.3. The number of hydrogen-bond acceptors (Lipinski definition) is 4. The lowest BCUT2D eigenvalue weighted by molar-refractivity contribution is -0.114. The van der Waals surface area contributed by atoms with E-state index in [4.69, 9.17) is 11.2 Å². The lowest BCUT2D eigenvalue weighted by Gasteiger charge is -2.19. The summed E-state index contributed by atoms with van der Waals surface area (Å²) in [5.41, 5.74) is 0.809. The SMILES string of the molecule is C#Cc1cccc(NC(=O)CN=C(NCC)NCCCNC(=O)OC(C)(C)C)c1. The monoisotopic (exact) mass is 401 g/mol. The lowest BCUT2D eigenvalue weighted by Crippen LogP contribution is -2.39. The number of carbonyl (C=O) groups excluding carboxylic acids is 2. The first-order valence-corrected chi connectivity index (χ1v) is 9.59. The van der Waals surface area contributed by atoms with Crippen LogP contribution in [0.5, 0.6) is 0 Å². The molecule has 4 N–H and O–H groups in total. The number of terminal acetylenes is 1. The Kier molecular flexibility index (Phi) is 10.1. The number of guanidine groups is 1. The number of benzene rings is 1. The predicted octanol–water partition coefficient (Wildman–Crippen LogP) is 2.08. The van der Waals surface area contributed by atoms with Crippen LogP contribution < -0.4 is 21.3 Å². The van der Waals surface area contributed by atoms with E-state index in [9.17, 15) is 9.59 Å². The molecule has 0 aliphatic heterocycles. The largest absolute Gasteiger partial charge is 0.444 e. The molecular formula is C21H31N5O3. The van der Waals surface area contributed by atoms with Crippen molar-refractivity contribution in [3.63, 3.8) is 0 Å². The van der Waals surface area contributed by atoms with Gasteiger partial charge >= 0.3 is 6.09 Å². The molecule has 0 heterocycles. The number of aliphatic imine (C=N–C) groups is 1. The normalized spacial score (nSPS) is 11.2. The van der Waals surface area contributed by atoms with Gasteiger partial charge in [0.1, 0.15) is 12.1 Å². The number of ether oxygens (including phenoxy) is 1. The molecule has 158 valence electrons. The number of anilines is 1. The minimum atomic E-state index is -0.518. The minimum Gasteiger partial charge on any atom is -0.444 e. The van der Waals surface area contributed by atoms with Gasteiger partial charge < -0.3 is 26.0 Å². The first-order valence-electron chi connectivity index (χ1n) is 9.59. The van der Waals surface area contributed by atoms with Gasteiger partial charge in [0.25, 0.3) is 0 Å². The highest BCUT2D eigenvalue weighted by atomic mass is 16.6. The number of nitrogens with one attached hydrogen (secondary N) is 4. The summed E-state index contributed by atoms with van der Waals surface area (Å²) in [6, 6.07) is 7.07. The maximum atomic E-state index is 12.1. The minimum absolute atomic E-state index is 0.0359. The van der Waals surface area contributed by atoms with Crippen LogP contribution in [0.15, 0.2) is 29.3 Å². The third-order valence-corrected chi connectivity index (χ3v) is 3.35. The van der Waals surface area contributed by atoms with E-state index in [1.165, 1.54) is 0 Å². The number of hydrogen-bond donors (Lipinski definition) is 4. The van der Waals surface area contributed by atoms with Gasteiger partial charge in [-0.25, -0.2) is 9.79 Å². The van der Waals surface area contributed by atoms with Gasteiger partial charge in [0.2, 0.25) is 5.91 Å². The van der Waals surface area contributed by atoms with Gasteiger partial charge in [0.05, 0.1) is 0 Å². The molecule has 1 aromatic rings. The van der Waals surface area contributed by atoms with Crippen LogP contribution in [0.4, 0.5) is 10.5 Å². The van der Waals surface area contributed by atoms with Crippen molar-refractivity contribution < 1.29 is 14.3 Å². The van der Waals surface area contributed by atoms with Gasteiger partial charge in [-0.15, -0.1) is 6.42 Å². The Balaban J connectivity index is 2.39. The van der Waals surface area contributed by atoms with Crippen LogP contribution in [-0.4, -0.2) is 49.7 Å². The van der Waals surface area contributed by atoms with Crippen molar-refractivity contribution in [3.05, 3.63) is 29.8 Å². The Hall–Kier alpha value is -3.21. The number of amides is 2. The summed E-state index contributed by atoms with van der Waals surface area (Å²) in [7, 11) is 0. The average molecular weight is 402 g/mol. The predicted molar refractivity (Wildman–Crippen MR) is 116 cm³/mol. The van der Waals surface area contributed by atoms with E-state index in [1.807, 2.05) is 27.7 Å². The Morgan fingerprint density at radius 2 is 1.90 bits per heavy atom. The molecule has 0 aliphatic rings. The van der Waals surface area contributed by atoms with Crippen molar-refractivity contribution in [2.24, 2.45) is 4.99 Å². The van der Waals surface area contributed by atoms with Crippen LogP contribution in [0, 0.1) is 12.3 Å². The van der Waals surface area contributed by atoms with E-state index in [2.05, 4.69) is 32.2 Å². The standard InChI is InChI=1S/C21H31N5O3/c1-6-16-10-8-11-17(14-16)26-18(27)15-25-19(22-7-2)23-12-9-13-24-20(28)29-21(3,4)5/h1,8,10-11,14H,7,9,12-13,15H2,2-5H3,(H,24,28)(H,26,27)(H2,22,23,25). The van der Waals surface area contributed by atoms with Crippen molar-refractivity contribution in [2.45, 2.75) is 39.7 Å². The highest BCUT2D eigenvalue weighted by Crippen LogP contribution is 2.09. The van der Waals surface area contributed by atoms with Crippen molar-refractivity contribution in [3.8, 4) is 12.3 Å². The fraction of sp³-hybridized carbons (Fsp3) is 0.476. The molecule has 0 unspecified atom stereocenters. The Bertz CT molecular complexity index is 747. The first kappa shape index (κ1) is 23.8. The van der Waals surface area contributed by atoms with Crippen LogP contribution in [0.3, 0.4) is 0 Å². The highest BCUT2D eigenvalue weighted by Gasteiger charge is 2.15. The molecule has 2 amide bonds. The van der Waals surface area contributed by atoms with Crippen molar-refractivity contribution in [1.82, 2.24) is 16.0 Å². The van der Waals surface area contributed by atoms with Crippen molar-refractivity contribution >= 4 is 23.6 Å². The summed E-state index contributed by atoms with van der Waals surface area (Å²) in [6.07, 6.45) is 5.60. The topological polar surface area (TPSA) is 104 Å². The van der Waals surface area contributed by atoms with Crippen LogP contribution in [0.25, 0.3) is 0 Å². The number of alkyl carbamates (subject to hydrolysis) is 1. The molecule has 8 nitrogen and oxygen atoms in total. The van der Waals surface area contributed by atoms with Crippen LogP contribution >= 0.6 is 0 Å². The lowest BCUT2D eigenvalue weighted by atomic mass is 10.2. The maximum Gasteiger partial charge on any atom is 0.407 e. The van der Waals surface area contributed by atoms with Crippen molar-refractivity contribution in [2.75, 3.05) is 31.5 Å². The van der Waals surface area contributed by atoms with E-state index in [1.54, 1.807) is 24.3 Å². The van der Waals surface area contributed by atoms with E-state index in [0.717, 1.165) is 0 Å². The van der Waals surface area contributed by atoms with Gasteiger partial charge in [-0.1, -0.05) is 12.0 Å². The molecule has 0 saturated carbocycles. The Morgan fingerprint density at radius 1 is 1.17 bits per heavy atom. The molecule has 0 aliphatic carbocycles. The second-order valence-electron chi connectivity index (χ2n) is 7.18. The van der Waals surface area contributed by atoms with Gasteiger partial charge in [0, 0.05) is 30.9 Å². The van der Waals surface area contributed by atoms with E-state index >= 15 is 0 Å². The smallest absolute Gasteiger partial charge is 0.407 e. The molecule has 1 rings (SSSR count). The fourth-order valence-corrected chi connectivity index (χ4v) is 2.18. The molecule has 0 atom stereocenters. The zero-order valence-electron chi connectivity index (χ0n) is 17.6. The molecule has 0 spiro atoms. The number of nitrogens with zero attached hydrogens (tertiary/aromatic N) is 1. The number of rotatable bonds is 8. The molecule has 8 heteroatoms. The number of carbonyl (C=O) groups is 2. The van der Waals surface area contributed by atoms with E-state index in [0.29, 0.717) is 43.3 Å². The van der Waals surface area contributed by atoms with Crippen LogP contribution in [0.1, 0.15) is 39.7 Å². The second-order valence-corrected chi connectivity index (χ2v) is 7.18. The summed E-state index contributed by atoms with van der Waals surface area (Å²) in [6.45, 7) is 9.05. The van der Waals surface area contributed by atoms with Gasteiger partial charge in [-0.05, 0) is 52.3 Å². The molecule has 0 radical (unpaired) electrons. The van der Waals surface area contributed by atoms with Gasteiger partial charge in [0.15, 0.2) is 5.96 Å². The zero-order valence-corrected chi connectivity index (χ0v) is 17.6. The molecule has 29 heavy (non-hydrogen) atoms. The summed E-state index contributed by atoms with van der Waals surface area (Å²) >= 11 is 0. The Morgan fingerprint density at radius 3 is 2.55 bits per heavy atom. The van der Waals surface area contributed by atoms with Gasteiger partial charge in [-0.3, -0.25) is 4.79 Å². The molecule has 1 aromatic carbocycles. The third-order valence-electron chi connectivity index (χ3n) is 3.35. The molecule has 0 aromatic heterocycles. The first-order chi connectivity index (χ1) is 13.7. The molecule has 0 bridgehead atoms. The summed E-state index contributed by atoms with van der Waals surface area (Å²) in [5, 5.41) is 11.6. The van der Waals surface area contributed by atoms with E-state index < -0.39 is 11.7 Å². The maximum absolute atomic E-state index is 12.1. The van der Waals surface area contributed by atoms with Crippen LogP contribution in [-0.2, 0) is 9.53 Å². The van der Waals surface area contributed by atoms with Crippen molar-refractivity contribution in [1.29, 1.82) is 0 Å². The second kappa shape index (κ2) is 12.3. The summed E-state index contributed by atoms with van der Waals surface area (Å²) in [5.74, 6) is 2.80. The summed E-state index contributed by atoms with van der Waals surface area (Å²) < 4.78 is 5.17. The molecule has 0 fully saturated rings. The van der Waals surface area contributed by atoms with Crippen LogP contribution in [0.2, 0.25) is 0 Å². The summed E-state index contributed by atoms with van der Waals surface area (Å²) in [4.78, 5) is 27.9. The molecular weight excluding hydrogens is 370 g/mol. The fourth-order valence-electron chi connectivity index (χ4n) is 2.18. The molecule has 0 saturated heterocycles. The zero-order chi connectivity index (χ0) is 21.7. The Labute approximate surface area is 172 Å². The average Bonchev–Trinajstić information content (AvgIpc) is 2.64. The quantitative estimate of drug-likeness (QED) is 0.231. The van der Waals surface area contributed by atoms with E-state index in [-0.39, 0.29) is 12.5 Å². The highest BCUT2D eigenvalue weighted by molar-refractivity contribution is 5.94.